The summed E-state index contributed by atoms with van der Waals surface area (Å²) >= 11 is 1.43. The molecule has 1 rings (SSSR count). The molecule has 0 saturated carbocycles. The van der Waals surface area contributed by atoms with Gasteiger partial charge in [-0.15, -0.1) is 11.3 Å². The van der Waals surface area contributed by atoms with E-state index >= 15 is 0 Å². The fraction of sp³-hybridized carbons (Fsp3) is 0.167. The Hall–Kier alpha value is -0.850. The first-order valence-corrected chi connectivity index (χ1v) is 3.43. The highest BCUT2D eigenvalue weighted by Crippen LogP contribution is 2.13. The molecule has 0 bridgehead atoms. The van der Waals surface area contributed by atoms with Gasteiger partial charge < -0.3 is 5.73 Å². The largest absolute Gasteiger partial charge is 0.326 e. The van der Waals surface area contributed by atoms with Crippen LogP contribution in [0.25, 0.3) is 0 Å². The van der Waals surface area contributed by atoms with Crippen LogP contribution in [0.3, 0.4) is 0 Å². The lowest BCUT2D eigenvalue weighted by Crippen LogP contribution is -1.95. The van der Waals surface area contributed by atoms with Crippen LogP contribution in [0, 0.1) is 11.3 Å². The molecule has 0 aromatic carbocycles. The van der Waals surface area contributed by atoms with Gasteiger partial charge in [0.15, 0.2) is 0 Å². The minimum absolute atomic E-state index is 0.465. The molecule has 0 atom stereocenters. The lowest BCUT2D eigenvalue weighted by Gasteiger charge is -1.85. The van der Waals surface area contributed by atoms with Crippen molar-refractivity contribution in [1.29, 1.82) is 5.26 Å². The Morgan fingerprint density at radius 1 is 1.78 bits per heavy atom. The minimum atomic E-state index is 0.465. The van der Waals surface area contributed by atoms with E-state index in [9.17, 15) is 0 Å². The van der Waals surface area contributed by atoms with Gasteiger partial charge in [-0.1, -0.05) is 0 Å². The molecule has 1 aromatic rings. The summed E-state index contributed by atoms with van der Waals surface area (Å²) in [6, 6.07) is 3.94. The van der Waals surface area contributed by atoms with Crippen LogP contribution in [0.5, 0.6) is 0 Å². The van der Waals surface area contributed by atoms with Gasteiger partial charge in [-0.2, -0.15) is 5.26 Å². The molecule has 0 amide bonds. The normalized spacial score (nSPS) is 8.89. The summed E-state index contributed by atoms with van der Waals surface area (Å²) in [5.41, 5.74) is 6.27. The van der Waals surface area contributed by atoms with Gasteiger partial charge in [0.1, 0.15) is 10.9 Å². The van der Waals surface area contributed by atoms with Crippen molar-refractivity contribution in [3.8, 4) is 6.07 Å². The SMILES string of the molecule is N#Cc1sccc1CN. The van der Waals surface area contributed by atoms with Crippen LogP contribution in [0.4, 0.5) is 0 Å². The zero-order valence-electron chi connectivity index (χ0n) is 4.79. The van der Waals surface area contributed by atoms with Crippen LogP contribution in [0.1, 0.15) is 10.4 Å². The minimum Gasteiger partial charge on any atom is -0.326 e. The zero-order valence-corrected chi connectivity index (χ0v) is 5.61. The standard InChI is InChI=1S/C6H6N2S/c7-3-5-1-2-9-6(5)4-8/h1-2H,3,7H2. The van der Waals surface area contributed by atoms with Gasteiger partial charge in [0.05, 0.1) is 0 Å². The predicted octanol–water partition coefficient (Wildman–Crippen LogP) is 1.08. The Morgan fingerprint density at radius 2 is 2.56 bits per heavy atom. The maximum atomic E-state index is 8.44. The number of nitrogens with two attached hydrogens (primary N) is 1. The van der Waals surface area contributed by atoms with E-state index in [-0.39, 0.29) is 0 Å². The maximum absolute atomic E-state index is 8.44. The highest BCUT2D eigenvalue weighted by Gasteiger charge is 1.98. The van der Waals surface area contributed by atoms with E-state index in [1.165, 1.54) is 11.3 Å². The molecule has 9 heavy (non-hydrogen) atoms. The molecule has 46 valence electrons. The number of hydrogen-bond donors (Lipinski definition) is 1. The van der Waals surface area contributed by atoms with E-state index in [4.69, 9.17) is 11.0 Å². The highest BCUT2D eigenvalue weighted by atomic mass is 32.1. The summed E-state index contributed by atoms with van der Waals surface area (Å²) in [5, 5.41) is 10.3. The topological polar surface area (TPSA) is 49.8 Å². The van der Waals surface area contributed by atoms with E-state index in [1.807, 2.05) is 11.4 Å². The highest BCUT2D eigenvalue weighted by molar-refractivity contribution is 7.10. The molecule has 0 spiro atoms. The lowest BCUT2D eigenvalue weighted by atomic mass is 10.3. The molecule has 0 aliphatic rings. The summed E-state index contributed by atoms with van der Waals surface area (Å²) in [4.78, 5) is 0.734. The van der Waals surface area contributed by atoms with E-state index in [2.05, 4.69) is 6.07 Å². The molecular weight excluding hydrogens is 132 g/mol. The summed E-state index contributed by atoms with van der Waals surface area (Å²) < 4.78 is 0. The fourth-order valence-corrected chi connectivity index (χ4v) is 1.32. The molecule has 0 unspecified atom stereocenters. The third kappa shape index (κ3) is 1.10. The average molecular weight is 138 g/mol. The number of rotatable bonds is 1. The van der Waals surface area contributed by atoms with Crippen molar-refractivity contribution in [3.63, 3.8) is 0 Å². The molecule has 0 aliphatic heterocycles. The third-order valence-electron chi connectivity index (χ3n) is 1.07. The van der Waals surface area contributed by atoms with Crippen LogP contribution in [-0.4, -0.2) is 0 Å². The monoisotopic (exact) mass is 138 g/mol. The van der Waals surface area contributed by atoms with Gasteiger partial charge >= 0.3 is 0 Å². The molecule has 2 nitrogen and oxygen atoms in total. The average Bonchev–Trinajstić information content (AvgIpc) is 2.33. The Kier molecular flexibility index (Phi) is 1.83. The summed E-state index contributed by atoms with van der Waals surface area (Å²) in [5.74, 6) is 0. The first-order chi connectivity index (χ1) is 4.38. The first-order valence-electron chi connectivity index (χ1n) is 2.55. The molecular formula is C6H6N2S. The van der Waals surface area contributed by atoms with E-state index in [1.54, 1.807) is 0 Å². The molecule has 1 aromatic heterocycles. The van der Waals surface area contributed by atoms with Crippen molar-refractivity contribution in [1.82, 2.24) is 0 Å². The van der Waals surface area contributed by atoms with Gasteiger partial charge in [0.2, 0.25) is 0 Å². The third-order valence-corrected chi connectivity index (χ3v) is 1.93. The number of thiophene rings is 1. The summed E-state index contributed by atoms with van der Waals surface area (Å²) in [6.45, 7) is 0.465. The predicted molar refractivity (Wildman–Crippen MR) is 36.9 cm³/mol. The van der Waals surface area contributed by atoms with Crippen LogP contribution < -0.4 is 5.73 Å². The number of nitriles is 1. The molecule has 0 fully saturated rings. The van der Waals surface area contributed by atoms with Crippen molar-refractivity contribution in [2.45, 2.75) is 6.54 Å². The smallest absolute Gasteiger partial charge is 0.110 e. The first kappa shape index (κ1) is 6.27. The number of nitrogens with zero attached hydrogens (tertiary/aromatic N) is 1. The van der Waals surface area contributed by atoms with Crippen molar-refractivity contribution < 1.29 is 0 Å². The van der Waals surface area contributed by atoms with Crippen molar-refractivity contribution in [2.75, 3.05) is 0 Å². The van der Waals surface area contributed by atoms with Crippen molar-refractivity contribution >= 4 is 11.3 Å². The fourth-order valence-electron chi connectivity index (χ4n) is 0.594. The van der Waals surface area contributed by atoms with Gasteiger partial charge in [0, 0.05) is 6.54 Å². The van der Waals surface area contributed by atoms with Gasteiger partial charge in [-0.25, -0.2) is 0 Å². The lowest BCUT2D eigenvalue weighted by molar-refractivity contribution is 1.08. The van der Waals surface area contributed by atoms with Gasteiger partial charge in [-0.05, 0) is 17.0 Å². The van der Waals surface area contributed by atoms with Crippen molar-refractivity contribution in [2.24, 2.45) is 5.73 Å². The Labute approximate surface area is 57.5 Å². The Morgan fingerprint density at radius 3 is 3.00 bits per heavy atom. The maximum Gasteiger partial charge on any atom is 0.110 e. The Balaban J connectivity index is 3.02. The van der Waals surface area contributed by atoms with E-state index in [0.29, 0.717) is 6.54 Å². The molecule has 3 heteroatoms. The number of hydrogen-bond acceptors (Lipinski definition) is 3. The second-order valence-corrected chi connectivity index (χ2v) is 2.51. The molecule has 0 aliphatic carbocycles. The molecule has 0 saturated heterocycles. The van der Waals surface area contributed by atoms with E-state index < -0.39 is 0 Å². The molecule has 0 radical (unpaired) electrons. The zero-order chi connectivity index (χ0) is 6.69. The van der Waals surface area contributed by atoms with Crippen LogP contribution in [0.2, 0.25) is 0 Å². The van der Waals surface area contributed by atoms with Crippen LogP contribution >= 0.6 is 11.3 Å². The van der Waals surface area contributed by atoms with Crippen LogP contribution in [0.15, 0.2) is 11.4 Å². The molecule has 1 heterocycles. The van der Waals surface area contributed by atoms with Gasteiger partial charge in [-0.3, -0.25) is 0 Å². The second kappa shape index (κ2) is 2.62. The summed E-state index contributed by atoms with van der Waals surface area (Å²) in [7, 11) is 0. The van der Waals surface area contributed by atoms with Gasteiger partial charge in [0.25, 0.3) is 0 Å². The van der Waals surface area contributed by atoms with Crippen molar-refractivity contribution in [3.05, 3.63) is 21.9 Å². The quantitative estimate of drug-likeness (QED) is 0.631. The summed E-state index contributed by atoms with van der Waals surface area (Å²) in [6.07, 6.45) is 0. The second-order valence-electron chi connectivity index (χ2n) is 1.59. The molecule has 2 N–H and O–H groups in total. The van der Waals surface area contributed by atoms with Crippen LogP contribution in [-0.2, 0) is 6.54 Å². The van der Waals surface area contributed by atoms with E-state index in [0.717, 1.165) is 10.4 Å². The Bertz CT molecular complexity index is 233.